The summed E-state index contributed by atoms with van der Waals surface area (Å²) in [4.78, 5) is 12.1. The SMILES string of the molecule is COCCOCC(=O)N[C@H](c1ccc2c(c1)OCCO2)C(C)C. The second-order valence-corrected chi connectivity index (χ2v) is 5.74. The average molecular weight is 323 g/mol. The second kappa shape index (κ2) is 8.74. The summed E-state index contributed by atoms with van der Waals surface area (Å²) >= 11 is 0. The maximum Gasteiger partial charge on any atom is 0.246 e. The summed E-state index contributed by atoms with van der Waals surface area (Å²) in [5.74, 6) is 1.57. The molecule has 2 rings (SSSR count). The Labute approximate surface area is 137 Å². The van der Waals surface area contributed by atoms with E-state index in [2.05, 4.69) is 19.2 Å². The molecule has 1 atom stereocenters. The van der Waals surface area contributed by atoms with Gasteiger partial charge in [-0.25, -0.2) is 0 Å². The molecule has 23 heavy (non-hydrogen) atoms. The third-order valence-electron chi connectivity index (χ3n) is 3.57. The molecule has 0 unspecified atom stereocenters. The Morgan fingerprint density at radius 3 is 2.65 bits per heavy atom. The van der Waals surface area contributed by atoms with Gasteiger partial charge in [-0.15, -0.1) is 0 Å². The van der Waals surface area contributed by atoms with Gasteiger partial charge in [0.1, 0.15) is 19.8 Å². The van der Waals surface area contributed by atoms with Crippen LogP contribution in [0.15, 0.2) is 18.2 Å². The van der Waals surface area contributed by atoms with Crippen LogP contribution in [0.1, 0.15) is 25.5 Å². The van der Waals surface area contributed by atoms with Crippen LogP contribution in [0, 0.1) is 5.92 Å². The largest absolute Gasteiger partial charge is 0.486 e. The number of hydrogen-bond donors (Lipinski definition) is 1. The first kappa shape index (κ1) is 17.6. The van der Waals surface area contributed by atoms with Gasteiger partial charge in [0.15, 0.2) is 11.5 Å². The molecule has 128 valence electrons. The Kier molecular flexibility index (Phi) is 6.67. The standard InChI is InChI=1S/C17H25NO5/c1-12(2)17(18-16(19)11-21-7-6-20-3)13-4-5-14-15(10-13)23-9-8-22-14/h4-5,10,12,17H,6-9,11H2,1-3H3,(H,18,19)/t17-/m0/s1. The molecule has 0 aromatic heterocycles. The normalized spacial score (nSPS) is 14.6. The highest BCUT2D eigenvalue weighted by molar-refractivity contribution is 5.77. The number of carbonyl (C=O) groups excluding carboxylic acids is 1. The van der Waals surface area contributed by atoms with Crippen molar-refractivity contribution in [2.75, 3.05) is 40.1 Å². The van der Waals surface area contributed by atoms with E-state index in [0.29, 0.717) is 26.4 Å². The van der Waals surface area contributed by atoms with Gasteiger partial charge in [-0.1, -0.05) is 19.9 Å². The lowest BCUT2D eigenvalue weighted by Gasteiger charge is -2.25. The van der Waals surface area contributed by atoms with Crippen molar-refractivity contribution in [3.8, 4) is 11.5 Å². The minimum absolute atomic E-state index is 0.0249. The van der Waals surface area contributed by atoms with Gasteiger partial charge in [-0.2, -0.15) is 0 Å². The van der Waals surface area contributed by atoms with Crippen LogP contribution < -0.4 is 14.8 Å². The fraction of sp³-hybridized carbons (Fsp3) is 0.588. The number of carbonyl (C=O) groups is 1. The molecule has 0 radical (unpaired) electrons. The minimum atomic E-state index is -0.144. The van der Waals surface area contributed by atoms with Crippen LogP contribution in [0.2, 0.25) is 0 Å². The molecule has 1 aromatic carbocycles. The van der Waals surface area contributed by atoms with E-state index in [0.717, 1.165) is 17.1 Å². The summed E-state index contributed by atoms with van der Waals surface area (Å²) < 4.78 is 21.3. The van der Waals surface area contributed by atoms with Gasteiger partial charge in [0.25, 0.3) is 0 Å². The van der Waals surface area contributed by atoms with Crippen LogP contribution in [-0.2, 0) is 14.3 Å². The zero-order valence-corrected chi connectivity index (χ0v) is 14.0. The van der Waals surface area contributed by atoms with Crippen molar-refractivity contribution in [2.45, 2.75) is 19.9 Å². The third-order valence-corrected chi connectivity index (χ3v) is 3.57. The van der Waals surface area contributed by atoms with E-state index in [-0.39, 0.29) is 24.5 Å². The van der Waals surface area contributed by atoms with Crippen LogP contribution in [0.4, 0.5) is 0 Å². The van der Waals surface area contributed by atoms with E-state index in [1.165, 1.54) is 0 Å². The van der Waals surface area contributed by atoms with E-state index in [1.54, 1.807) is 7.11 Å². The Hall–Kier alpha value is -1.79. The molecule has 1 aliphatic heterocycles. The van der Waals surface area contributed by atoms with Gasteiger partial charge in [0, 0.05) is 7.11 Å². The first-order valence-corrected chi connectivity index (χ1v) is 7.87. The van der Waals surface area contributed by atoms with Crippen LogP contribution in [0.3, 0.4) is 0 Å². The third kappa shape index (κ3) is 5.11. The first-order chi connectivity index (χ1) is 11.1. The molecule has 0 spiro atoms. The molecule has 1 N–H and O–H groups in total. The summed E-state index contributed by atoms with van der Waals surface area (Å²) in [7, 11) is 1.60. The monoisotopic (exact) mass is 323 g/mol. The highest BCUT2D eigenvalue weighted by Gasteiger charge is 2.21. The Morgan fingerprint density at radius 2 is 1.96 bits per heavy atom. The average Bonchev–Trinajstić information content (AvgIpc) is 2.56. The molecular formula is C17H25NO5. The van der Waals surface area contributed by atoms with Crippen molar-refractivity contribution in [3.05, 3.63) is 23.8 Å². The lowest BCUT2D eigenvalue weighted by Crippen LogP contribution is -2.34. The second-order valence-electron chi connectivity index (χ2n) is 5.74. The maximum absolute atomic E-state index is 12.1. The van der Waals surface area contributed by atoms with E-state index < -0.39 is 0 Å². The lowest BCUT2D eigenvalue weighted by molar-refractivity contribution is -0.127. The molecule has 0 aliphatic carbocycles. The van der Waals surface area contributed by atoms with Crippen LogP contribution in [-0.4, -0.2) is 46.1 Å². The molecule has 0 bridgehead atoms. The van der Waals surface area contributed by atoms with Gasteiger partial charge in [0.2, 0.25) is 5.91 Å². The van der Waals surface area contributed by atoms with Gasteiger partial charge < -0.3 is 24.3 Å². The maximum atomic E-state index is 12.1. The summed E-state index contributed by atoms with van der Waals surface area (Å²) in [6.45, 7) is 6.14. The fourth-order valence-electron chi connectivity index (χ4n) is 2.41. The van der Waals surface area contributed by atoms with Gasteiger partial charge in [-0.05, 0) is 23.6 Å². The molecule has 6 nitrogen and oxygen atoms in total. The highest BCUT2D eigenvalue weighted by atomic mass is 16.6. The summed E-state index contributed by atoms with van der Waals surface area (Å²) in [5.41, 5.74) is 0.995. The van der Waals surface area contributed by atoms with Crippen molar-refractivity contribution < 1.29 is 23.7 Å². The fourth-order valence-corrected chi connectivity index (χ4v) is 2.41. The molecule has 1 aliphatic rings. The lowest BCUT2D eigenvalue weighted by atomic mass is 9.95. The van der Waals surface area contributed by atoms with Crippen LogP contribution >= 0.6 is 0 Å². The number of fused-ring (bicyclic) bond motifs is 1. The molecule has 1 amide bonds. The predicted octanol–water partition coefficient (Wildman–Crippen LogP) is 1.93. The molecule has 0 saturated carbocycles. The molecule has 0 fully saturated rings. The van der Waals surface area contributed by atoms with Gasteiger partial charge in [-0.3, -0.25) is 4.79 Å². The Bertz CT molecular complexity index is 518. The van der Waals surface area contributed by atoms with Gasteiger partial charge >= 0.3 is 0 Å². The minimum Gasteiger partial charge on any atom is -0.486 e. The molecular weight excluding hydrogens is 298 g/mol. The number of benzene rings is 1. The number of amides is 1. The van der Waals surface area contributed by atoms with Crippen molar-refractivity contribution in [1.82, 2.24) is 5.32 Å². The molecule has 1 aromatic rings. The quantitative estimate of drug-likeness (QED) is 0.741. The number of rotatable bonds is 8. The Morgan fingerprint density at radius 1 is 1.22 bits per heavy atom. The van der Waals surface area contributed by atoms with E-state index in [4.69, 9.17) is 18.9 Å². The molecule has 0 saturated heterocycles. The van der Waals surface area contributed by atoms with E-state index in [9.17, 15) is 4.79 Å². The number of methoxy groups -OCH3 is 1. The number of hydrogen-bond acceptors (Lipinski definition) is 5. The Balaban J connectivity index is 1.99. The van der Waals surface area contributed by atoms with Crippen LogP contribution in [0.5, 0.6) is 11.5 Å². The van der Waals surface area contributed by atoms with Crippen molar-refractivity contribution in [2.24, 2.45) is 5.92 Å². The predicted molar refractivity (Wildman–Crippen MR) is 85.8 cm³/mol. The van der Waals surface area contributed by atoms with E-state index in [1.807, 2.05) is 18.2 Å². The van der Waals surface area contributed by atoms with Crippen molar-refractivity contribution in [1.29, 1.82) is 0 Å². The van der Waals surface area contributed by atoms with Crippen LogP contribution in [0.25, 0.3) is 0 Å². The summed E-state index contributed by atoms with van der Waals surface area (Å²) in [6.07, 6.45) is 0. The highest BCUT2D eigenvalue weighted by Crippen LogP contribution is 2.34. The van der Waals surface area contributed by atoms with E-state index >= 15 is 0 Å². The molecule has 1 heterocycles. The van der Waals surface area contributed by atoms with Crippen molar-refractivity contribution >= 4 is 5.91 Å². The zero-order chi connectivity index (χ0) is 16.7. The first-order valence-electron chi connectivity index (χ1n) is 7.87. The topological polar surface area (TPSA) is 66.0 Å². The smallest absolute Gasteiger partial charge is 0.246 e. The summed E-state index contributed by atoms with van der Waals surface area (Å²) in [6, 6.07) is 5.68. The zero-order valence-electron chi connectivity index (χ0n) is 14.0. The van der Waals surface area contributed by atoms with Crippen molar-refractivity contribution in [3.63, 3.8) is 0 Å². The molecule has 6 heteroatoms. The number of ether oxygens (including phenoxy) is 4. The summed E-state index contributed by atoms with van der Waals surface area (Å²) in [5, 5.41) is 3.02. The number of nitrogens with one attached hydrogen (secondary N) is 1. The van der Waals surface area contributed by atoms with Gasteiger partial charge in [0.05, 0.1) is 19.3 Å².